The molecule has 4 aromatic rings. The van der Waals surface area contributed by atoms with Crippen molar-refractivity contribution in [2.45, 2.75) is 32.1 Å². The van der Waals surface area contributed by atoms with E-state index in [1.165, 1.54) is 41.0 Å². The van der Waals surface area contributed by atoms with Crippen LogP contribution < -0.4 is 5.56 Å². The van der Waals surface area contributed by atoms with E-state index in [0.29, 0.717) is 27.9 Å². The Morgan fingerprint density at radius 3 is 2.52 bits per heavy atom. The molecule has 200 valence electrons. The first-order chi connectivity index (χ1) is 19.2. The van der Waals surface area contributed by atoms with Crippen LogP contribution in [0.4, 0.5) is 11.4 Å². The van der Waals surface area contributed by atoms with Gasteiger partial charge in [0.1, 0.15) is 12.2 Å². The molecule has 6 rings (SSSR count). The zero-order valence-electron chi connectivity index (χ0n) is 20.8. The molecule has 0 spiro atoms. The summed E-state index contributed by atoms with van der Waals surface area (Å²) >= 11 is 0. The highest BCUT2D eigenvalue weighted by Gasteiger charge is 2.51. The second-order valence-electron chi connectivity index (χ2n) is 9.33. The lowest BCUT2D eigenvalue weighted by Gasteiger charge is -2.35. The van der Waals surface area contributed by atoms with Crippen LogP contribution in [0.15, 0.2) is 59.4 Å². The van der Waals surface area contributed by atoms with Gasteiger partial charge in [-0.1, -0.05) is 25.1 Å². The molecule has 2 aliphatic heterocycles. The largest absolute Gasteiger partial charge is 0.457 e. The summed E-state index contributed by atoms with van der Waals surface area (Å²) < 4.78 is 12.4. The maximum absolute atomic E-state index is 13.7. The maximum Gasteiger partial charge on any atom is 0.355 e. The average Bonchev–Trinajstić information content (AvgIpc) is 3.30. The fourth-order valence-electron chi connectivity index (χ4n) is 5.32. The van der Waals surface area contributed by atoms with E-state index >= 15 is 0 Å². The predicted molar refractivity (Wildman–Crippen MR) is 137 cm³/mol. The van der Waals surface area contributed by atoms with Crippen LogP contribution in [0.1, 0.15) is 40.4 Å². The molecule has 0 N–H and O–H groups in total. The number of benzene rings is 2. The van der Waals surface area contributed by atoms with Crippen molar-refractivity contribution in [3.8, 4) is 11.4 Å². The Hall–Kier alpha value is -5.46. The number of hydrogen-bond donors (Lipinski definition) is 0. The number of carbonyl (C=O) groups excluding carboxylic acids is 2. The number of nitrogens with zero attached hydrogens (tertiary/aromatic N) is 4. The van der Waals surface area contributed by atoms with E-state index in [2.05, 4.69) is 4.98 Å². The van der Waals surface area contributed by atoms with Crippen LogP contribution in [0.25, 0.3) is 22.3 Å². The Kier molecular flexibility index (Phi) is 5.47. The molecule has 0 fully saturated rings. The second kappa shape index (κ2) is 8.80. The minimum atomic E-state index is -2.05. The standard InChI is InChI=1S/C27H18N4O9/c1-2-27(40-25(33)15-6-3-4-8-20(15)30(35)36)18-11-22-23-14(12-29(22)24(32)17(18)13-39-26(27)34)10-16-19(28-23)7-5-9-21(16)31(37)38/h3-11H,2,12-13H2,1H3. The molecule has 13 nitrogen and oxygen atoms in total. The van der Waals surface area contributed by atoms with Gasteiger partial charge in [-0.15, -0.1) is 0 Å². The summed E-state index contributed by atoms with van der Waals surface area (Å²) in [6, 6.07) is 12.8. The van der Waals surface area contributed by atoms with Gasteiger partial charge >= 0.3 is 11.9 Å². The van der Waals surface area contributed by atoms with Gasteiger partial charge in [-0.05, 0) is 30.7 Å². The molecule has 0 bridgehead atoms. The highest BCUT2D eigenvalue weighted by atomic mass is 16.6. The van der Waals surface area contributed by atoms with Gasteiger partial charge < -0.3 is 14.0 Å². The quantitative estimate of drug-likeness (QED) is 0.181. The van der Waals surface area contributed by atoms with Crippen LogP contribution in [0.5, 0.6) is 0 Å². The van der Waals surface area contributed by atoms with Gasteiger partial charge in [0.2, 0.25) is 5.60 Å². The highest BCUT2D eigenvalue weighted by Crippen LogP contribution is 2.42. The Labute approximate surface area is 223 Å². The van der Waals surface area contributed by atoms with E-state index in [9.17, 15) is 34.6 Å². The average molecular weight is 542 g/mol. The van der Waals surface area contributed by atoms with Crippen LogP contribution in [0.2, 0.25) is 0 Å². The van der Waals surface area contributed by atoms with Crippen LogP contribution in [0.3, 0.4) is 0 Å². The van der Waals surface area contributed by atoms with Gasteiger partial charge in [0.15, 0.2) is 0 Å². The number of aromatic nitrogens is 2. The van der Waals surface area contributed by atoms with Crippen molar-refractivity contribution in [1.82, 2.24) is 9.55 Å². The zero-order chi connectivity index (χ0) is 28.3. The lowest BCUT2D eigenvalue weighted by atomic mass is 9.85. The van der Waals surface area contributed by atoms with Crippen molar-refractivity contribution >= 4 is 34.2 Å². The molecule has 1 atom stereocenters. The number of carbonyl (C=O) groups is 2. The van der Waals surface area contributed by atoms with Gasteiger partial charge in [-0.2, -0.15) is 0 Å². The lowest BCUT2D eigenvalue weighted by molar-refractivity contribution is -0.385. The first kappa shape index (κ1) is 24.9. The van der Waals surface area contributed by atoms with Crippen LogP contribution in [-0.2, 0) is 33.0 Å². The predicted octanol–water partition coefficient (Wildman–Crippen LogP) is 3.76. The Balaban J connectivity index is 1.52. The fourth-order valence-corrected chi connectivity index (χ4v) is 5.32. The molecule has 0 aliphatic carbocycles. The number of nitro groups is 2. The van der Waals surface area contributed by atoms with E-state index in [1.54, 1.807) is 19.1 Å². The summed E-state index contributed by atoms with van der Waals surface area (Å²) in [6.45, 7) is 1.27. The molecule has 40 heavy (non-hydrogen) atoms. The molecule has 0 saturated heterocycles. The van der Waals surface area contributed by atoms with Crippen molar-refractivity contribution in [2.75, 3.05) is 0 Å². The van der Waals surface area contributed by atoms with Gasteiger partial charge in [-0.25, -0.2) is 14.6 Å². The molecule has 0 saturated carbocycles. The topological polar surface area (TPSA) is 174 Å². The number of fused-ring (bicyclic) bond motifs is 5. The van der Waals surface area contributed by atoms with E-state index < -0.39 is 38.6 Å². The first-order valence-corrected chi connectivity index (χ1v) is 12.1. The molecular formula is C27H18N4O9. The van der Waals surface area contributed by atoms with Crippen molar-refractivity contribution in [3.05, 3.63) is 107 Å². The van der Waals surface area contributed by atoms with Crippen molar-refractivity contribution < 1.29 is 28.9 Å². The van der Waals surface area contributed by atoms with Gasteiger partial charge in [0.05, 0.1) is 44.2 Å². The van der Waals surface area contributed by atoms with E-state index in [-0.39, 0.29) is 42.0 Å². The van der Waals surface area contributed by atoms with Crippen LogP contribution in [0, 0.1) is 20.2 Å². The molecule has 1 unspecified atom stereocenters. The number of rotatable bonds is 5. The monoisotopic (exact) mass is 542 g/mol. The lowest BCUT2D eigenvalue weighted by Crippen LogP contribution is -2.47. The van der Waals surface area contributed by atoms with Crippen molar-refractivity contribution in [3.63, 3.8) is 0 Å². The number of non-ortho nitro benzene ring substituents is 1. The highest BCUT2D eigenvalue weighted by molar-refractivity contribution is 5.97. The molecule has 0 radical (unpaired) electrons. The molecule has 2 aliphatic rings. The third-order valence-electron chi connectivity index (χ3n) is 7.28. The summed E-state index contributed by atoms with van der Waals surface area (Å²) in [7, 11) is 0. The van der Waals surface area contributed by atoms with Gasteiger partial charge in [-0.3, -0.25) is 25.0 Å². The van der Waals surface area contributed by atoms with Crippen molar-refractivity contribution in [2.24, 2.45) is 0 Å². The third kappa shape index (κ3) is 3.47. The molecule has 2 aromatic carbocycles. The third-order valence-corrected chi connectivity index (χ3v) is 7.28. The summed E-state index contributed by atoms with van der Waals surface area (Å²) in [6.07, 6.45) is -0.127. The maximum atomic E-state index is 13.7. The SMILES string of the molecule is CCC1(OC(=O)c2ccccc2[N+](=O)[O-])C(=O)OCc2c1cc1n(c2=O)Cc2cc3c([N+](=O)[O-])cccc3nc2-1. The van der Waals surface area contributed by atoms with E-state index in [0.717, 1.165) is 6.07 Å². The Bertz CT molecular complexity index is 1880. The Morgan fingerprint density at radius 1 is 1.07 bits per heavy atom. The number of cyclic esters (lactones) is 1. The number of nitro benzene ring substituents is 2. The van der Waals surface area contributed by atoms with Gasteiger partial charge in [0.25, 0.3) is 16.9 Å². The number of para-hydroxylation sites is 1. The van der Waals surface area contributed by atoms with Gasteiger partial charge in [0, 0.05) is 23.3 Å². The summed E-state index contributed by atoms with van der Waals surface area (Å²) in [5.74, 6) is -2.05. The molecule has 13 heteroatoms. The van der Waals surface area contributed by atoms with Crippen LogP contribution >= 0.6 is 0 Å². The smallest absolute Gasteiger partial charge is 0.355 e. The number of hydrogen-bond acceptors (Lipinski definition) is 10. The minimum Gasteiger partial charge on any atom is -0.457 e. The normalized spacial score (nSPS) is 17.0. The second-order valence-corrected chi connectivity index (χ2v) is 9.33. The summed E-state index contributed by atoms with van der Waals surface area (Å²) in [5, 5.41) is 23.3. The number of pyridine rings is 2. The van der Waals surface area contributed by atoms with E-state index in [1.807, 2.05) is 0 Å². The molecule has 4 heterocycles. The first-order valence-electron chi connectivity index (χ1n) is 12.1. The Morgan fingerprint density at radius 2 is 1.80 bits per heavy atom. The van der Waals surface area contributed by atoms with Crippen molar-refractivity contribution in [1.29, 1.82) is 0 Å². The summed E-state index contributed by atoms with van der Waals surface area (Å²) in [4.78, 5) is 66.5. The number of esters is 2. The molecule has 0 amide bonds. The van der Waals surface area contributed by atoms with Crippen LogP contribution in [-0.4, -0.2) is 31.3 Å². The molecule has 2 aromatic heterocycles. The summed E-state index contributed by atoms with van der Waals surface area (Å²) in [5.41, 5.74) is -1.73. The fraction of sp³-hybridized carbons (Fsp3) is 0.185. The zero-order valence-corrected chi connectivity index (χ0v) is 20.8. The molecular weight excluding hydrogens is 524 g/mol. The van der Waals surface area contributed by atoms with E-state index in [4.69, 9.17) is 9.47 Å². The minimum absolute atomic E-state index is 0.0782. The number of ether oxygens (including phenoxy) is 2.